The van der Waals surface area contributed by atoms with E-state index in [1.54, 1.807) is 7.11 Å². The SMILES string of the molecule is COc1cccc(-c2nnc3n2CCC(CO)C3)c1. The Morgan fingerprint density at radius 1 is 1.42 bits per heavy atom. The van der Waals surface area contributed by atoms with E-state index in [2.05, 4.69) is 14.8 Å². The van der Waals surface area contributed by atoms with Gasteiger partial charge >= 0.3 is 0 Å². The molecule has 0 amide bonds. The van der Waals surface area contributed by atoms with E-state index in [-0.39, 0.29) is 6.61 Å². The molecule has 3 rings (SSSR count). The number of hydrogen-bond acceptors (Lipinski definition) is 4. The minimum atomic E-state index is 0.224. The van der Waals surface area contributed by atoms with Crippen molar-refractivity contribution >= 4 is 0 Å². The van der Waals surface area contributed by atoms with Crippen molar-refractivity contribution in [3.63, 3.8) is 0 Å². The summed E-state index contributed by atoms with van der Waals surface area (Å²) in [6.07, 6.45) is 1.77. The maximum absolute atomic E-state index is 9.23. The third kappa shape index (κ3) is 2.21. The van der Waals surface area contributed by atoms with Crippen LogP contribution in [0.1, 0.15) is 12.2 Å². The average molecular weight is 259 g/mol. The molecule has 0 bridgehead atoms. The summed E-state index contributed by atoms with van der Waals surface area (Å²) in [7, 11) is 1.66. The highest BCUT2D eigenvalue weighted by molar-refractivity contribution is 5.58. The van der Waals surface area contributed by atoms with Crippen molar-refractivity contribution in [2.45, 2.75) is 19.4 Å². The van der Waals surface area contributed by atoms with Crippen LogP contribution in [0.2, 0.25) is 0 Å². The second-order valence-electron chi connectivity index (χ2n) is 4.86. The predicted molar refractivity (Wildman–Crippen MR) is 70.9 cm³/mol. The third-order valence-corrected chi connectivity index (χ3v) is 3.65. The molecule has 100 valence electrons. The van der Waals surface area contributed by atoms with E-state index >= 15 is 0 Å². The van der Waals surface area contributed by atoms with E-state index in [0.29, 0.717) is 5.92 Å². The van der Waals surface area contributed by atoms with Crippen LogP contribution < -0.4 is 4.74 Å². The first-order valence-electron chi connectivity index (χ1n) is 6.49. The molecule has 1 unspecified atom stereocenters. The summed E-state index contributed by atoms with van der Waals surface area (Å²) < 4.78 is 7.38. The van der Waals surface area contributed by atoms with Crippen LogP contribution in [0.3, 0.4) is 0 Å². The Morgan fingerprint density at radius 3 is 3.11 bits per heavy atom. The molecule has 0 saturated carbocycles. The quantitative estimate of drug-likeness (QED) is 0.907. The minimum Gasteiger partial charge on any atom is -0.497 e. The van der Waals surface area contributed by atoms with E-state index in [0.717, 1.165) is 42.3 Å². The van der Waals surface area contributed by atoms with Gasteiger partial charge in [0.1, 0.15) is 11.6 Å². The average Bonchev–Trinajstić information content (AvgIpc) is 2.90. The molecule has 1 atom stereocenters. The normalized spacial score (nSPS) is 18.1. The van der Waals surface area contributed by atoms with Gasteiger partial charge in [-0.05, 0) is 24.5 Å². The third-order valence-electron chi connectivity index (χ3n) is 3.65. The second-order valence-corrected chi connectivity index (χ2v) is 4.86. The molecule has 1 aliphatic rings. The van der Waals surface area contributed by atoms with Gasteiger partial charge in [-0.2, -0.15) is 0 Å². The van der Waals surface area contributed by atoms with Crippen LogP contribution >= 0.6 is 0 Å². The van der Waals surface area contributed by atoms with E-state index in [1.807, 2.05) is 24.3 Å². The van der Waals surface area contributed by atoms with E-state index in [9.17, 15) is 5.11 Å². The number of fused-ring (bicyclic) bond motifs is 1. The number of rotatable bonds is 3. The zero-order valence-corrected chi connectivity index (χ0v) is 10.9. The molecule has 0 fully saturated rings. The number of hydrogen-bond donors (Lipinski definition) is 1. The lowest BCUT2D eigenvalue weighted by atomic mass is 9.99. The monoisotopic (exact) mass is 259 g/mol. The van der Waals surface area contributed by atoms with Crippen LogP contribution in [0.4, 0.5) is 0 Å². The zero-order valence-electron chi connectivity index (χ0n) is 10.9. The van der Waals surface area contributed by atoms with Crippen molar-refractivity contribution < 1.29 is 9.84 Å². The van der Waals surface area contributed by atoms with Crippen LogP contribution in [-0.4, -0.2) is 33.6 Å². The lowest BCUT2D eigenvalue weighted by Crippen LogP contribution is -2.22. The van der Waals surface area contributed by atoms with Crippen molar-refractivity contribution in [3.8, 4) is 17.1 Å². The molecule has 2 heterocycles. The minimum absolute atomic E-state index is 0.224. The molecule has 0 spiro atoms. The van der Waals surface area contributed by atoms with Crippen molar-refractivity contribution in [1.29, 1.82) is 0 Å². The summed E-state index contributed by atoms with van der Waals surface area (Å²) in [6, 6.07) is 7.85. The summed E-state index contributed by atoms with van der Waals surface area (Å²) in [4.78, 5) is 0. The maximum atomic E-state index is 9.23. The first-order valence-corrected chi connectivity index (χ1v) is 6.49. The molecule has 1 aliphatic heterocycles. The van der Waals surface area contributed by atoms with Crippen LogP contribution in [-0.2, 0) is 13.0 Å². The first kappa shape index (κ1) is 12.2. The van der Waals surface area contributed by atoms with E-state index in [4.69, 9.17) is 4.74 Å². The van der Waals surface area contributed by atoms with Gasteiger partial charge in [-0.3, -0.25) is 0 Å². The fourth-order valence-corrected chi connectivity index (χ4v) is 2.52. The summed E-state index contributed by atoms with van der Waals surface area (Å²) in [5.41, 5.74) is 1.01. The Bertz CT molecular complexity index is 580. The topological polar surface area (TPSA) is 60.2 Å². The fraction of sp³-hybridized carbons (Fsp3) is 0.429. The summed E-state index contributed by atoms with van der Waals surface area (Å²) in [6.45, 7) is 1.08. The van der Waals surface area contributed by atoms with Gasteiger partial charge in [-0.25, -0.2) is 0 Å². The number of methoxy groups -OCH3 is 1. The van der Waals surface area contributed by atoms with Gasteiger partial charge in [0.05, 0.1) is 7.11 Å². The highest BCUT2D eigenvalue weighted by atomic mass is 16.5. The number of aromatic nitrogens is 3. The van der Waals surface area contributed by atoms with Gasteiger partial charge in [0, 0.05) is 25.1 Å². The van der Waals surface area contributed by atoms with Gasteiger partial charge in [-0.1, -0.05) is 12.1 Å². The lowest BCUT2D eigenvalue weighted by molar-refractivity contribution is 0.199. The highest BCUT2D eigenvalue weighted by Crippen LogP contribution is 2.27. The molecular formula is C14H17N3O2. The number of benzene rings is 1. The summed E-state index contributed by atoms with van der Waals surface area (Å²) in [5.74, 6) is 2.97. The van der Waals surface area contributed by atoms with E-state index < -0.39 is 0 Å². The molecule has 5 heteroatoms. The molecule has 19 heavy (non-hydrogen) atoms. The fourth-order valence-electron chi connectivity index (χ4n) is 2.52. The van der Waals surface area contributed by atoms with Crippen molar-refractivity contribution in [1.82, 2.24) is 14.8 Å². The van der Waals surface area contributed by atoms with Crippen molar-refractivity contribution in [2.24, 2.45) is 5.92 Å². The number of nitrogens with zero attached hydrogens (tertiary/aromatic N) is 3. The molecule has 1 N–H and O–H groups in total. The molecule has 0 saturated heterocycles. The second kappa shape index (κ2) is 5.01. The van der Waals surface area contributed by atoms with Gasteiger partial charge < -0.3 is 14.4 Å². The molecule has 5 nitrogen and oxygen atoms in total. The zero-order chi connectivity index (χ0) is 13.2. The summed E-state index contributed by atoms with van der Waals surface area (Å²) in [5, 5.41) is 17.8. The smallest absolute Gasteiger partial charge is 0.164 e. The maximum Gasteiger partial charge on any atom is 0.164 e. The molecule has 0 radical (unpaired) electrons. The standard InChI is InChI=1S/C14H17N3O2/c1-19-12-4-2-3-11(8-12)14-16-15-13-7-10(9-18)5-6-17(13)14/h2-4,8,10,18H,5-7,9H2,1H3. The molecule has 1 aromatic carbocycles. The Kier molecular flexibility index (Phi) is 3.21. The van der Waals surface area contributed by atoms with Crippen LogP contribution in [0, 0.1) is 5.92 Å². The molecule has 1 aromatic heterocycles. The Labute approximate surface area is 111 Å². The number of ether oxygens (including phenoxy) is 1. The molecule has 0 aliphatic carbocycles. The summed E-state index contributed by atoms with van der Waals surface area (Å²) >= 11 is 0. The largest absolute Gasteiger partial charge is 0.497 e. The van der Waals surface area contributed by atoms with Crippen LogP contribution in [0.15, 0.2) is 24.3 Å². The number of aliphatic hydroxyl groups is 1. The lowest BCUT2D eigenvalue weighted by Gasteiger charge is -2.21. The Morgan fingerprint density at radius 2 is 2.32 bits per heavy atom. The first-order chi connectivity index (χ1) is 9.31. The molecular weight excluding hydrogens is 242 g/mol. The van der Waals surface area contributed by atoms with Crippen molar-refractivity contribution in [2.75, 3.05) is 13.7 Å². The van der Waals surface area contributed by atoms with E-state index in [1.165, 1.54) is 0 Å². The van der Waals surface area contributed by atoms with Crippen molar-refractivity contribution in [3.05, 3.63) is 30.1 Å². The van der Waals surface area contributed by atoms with Gasteiger partial charge in [0.25, 0.3) is 0 Å². The van der Waals surface area contributed by atoms with Crippen LogP contribution in [0.5, 0.6) is 5.75 Å². The molecule has 2 aromatic rings. The van der Waals surface area contributed by atoms with Gasteiger partial charge in [-0.15, -0.1) is 10.2 Å². The Hall–Kier alpha value is -1.88. The van der Waals surface area contributed by atoms with Gasteiger partial charge in [0.2, 0.25) is 0 Å². The van der Waals surface area contributed by atoms with Gasteiger partial charge in [0.15, 0.2) is 5.82 Å². The Balaban J connectivity index is 1.96. The van der Waals surface area contributed by atoms with Crippen LogP contribution in [0.25, 0.3) is 11.4 Å². The predicted octanol–water partition coefficient (Wildman–Crippen LogP) is 1.51. The number of aliphatic hydroxyl groups excluding tert-OH is 1. The highest BCUT2D eigenvalue weighted by Gasteiger charge is 2.23.